The molecule has 0 unspecified atom stereocenters. The van der Waals surface area contributed by atoms with Crippen LogP contribution >= 0.6 is 0 Å². The summed E-state index contributed by atoms with van der Waals surface area (Å²) in [6, 6.07) is 13.6. The lowest BCUT2D eigenvalue weighted by Crippen LogP contribution is -2.36. The molecule has 0 bridgehead atoms. The summed E-state index contributed by atoms with van der Waals surface area (Å²) in [6.45, 7) is 4.19. The predicted molar refractivity (Wildman–Crippen MR) is 92.8 cm³/mol. The maximum absolute atomic E-state index is 11.8. The second kappa shape index (κ2) is 8.31. The summed E-state index contributed by atoms with van der Waals surface area (Å²) >= 11 is 0. The van der Waals surface area contributed by atoms with Gasteiger partial charge in [-0.15, -0.1) is 0 Å². The summed E-state index contributed by atoms with van der Waals surface area (Å²) in [7, 11) is 0. The summed E-state index contributed by atoms with van der Waals surface area (Å²) in [4.78, 5) is 18.5. The van der Waals surface area contributed by atoms with Crippen LogP contribution in [0.5, 0.6) is 0 Å². The molecule has 2 aromatic rings. The van der Waals surface area contributed by atoms with Crippen molar-refractivity contribution in [3.05, 3.63) is 59.8 Å². The quantitative estimate of drug-likeness (QED) is 0.881. The van der Waals surface area contributed by atoms with Crippen molar-refractivity contribution in [1.82, 2.24) is 15.6 Å². The Morgan fingerprint density at radius 3 is 2.38 bits per heavy atom. The Bertz CT molecular complexity index is 640. The largest absolute Gasteiger partial charge is 0.378 e. The number of urea groups is 1. The number of aromatic nitrogens is 1. The summed E-state index contributed by atoms with van der Waals surface area (Å²) < 4.78 is 5.34. The molecule has 1 fully saturated rings. The van der Waals surface area contributed by atoms with E-state index in [1.807, 2.05) is 48.7 Å². The van der Waals surface area contributed by atoms with Gasteiger partial charge < -0.3 is 20.3 Å². The monoisotopic (exact) mass is 326 g/mol. The highest BCUT2D eigenvalue weighted by Crippen LogP contribution is 2.12. The van der Waals surface area contributed by atoms with E-state index in [2.05, 4.69) is 20.5 Å². The SMILES string of the molecule is O=C(NCc1ccccc1)NCc1ccc(N2CCOCC2)nc1. The second-order valence-electron chi connectivity index (χ2n) is 5.65. The molecular weight excluding hydrogens is 304 g/mol. The molecule has 0 spiro atoms. The molecule has 126 valence electrons. The topological polar surface area (TPSA) is 66.5 Å². The van der Waals surface area contributed by atoms with Gasteiger partial charge in [0.15, 0.2) is 0 Å². The van der Waals surface area contributed by atoms with E-state index < -0.39 is 0 Å². The molecule has 1 saturated heterocycles. The number of pyridine rings is 1. The van der Waals surface area contributed by atoms with E-state index >= 15 is 0 Å². The zero-order valence-corrected chi connectivity index (χ0v) is 13.6. The molecule has 0 radical (unpaired) electrons. The van der Waals surface area contributed by atoms with Gasteiger partial charge in [-0.3, -0.25) is 0 Å². The average molecular weight is 326 g/mol. The van der Waals surface area contributed by atoms with Crippen LogP contribution in [0.15, 0.2) is 48.7 Å². The van der Waals surface area contributed by atoms with Crippen molar-refractivity contribution in [2.75, 3.05) is 31.2 Å². The van der Waals surface area contributed by atoms with E-state index in [1.54, 1.807) is 0 Å². The van der Waals surface area contributed by atoms with E-state index in [-0.39, 0.29) is 6.03 Å². The van der Waals surface area contributed by atoms with Crippen molar-refractivity contribution in [1.29, 1.82) is 0 Å². The van der Waals surface area contributed by atoms with Crippen molar-refractivity contribution in [2.45, 2.75) is 13.1 Å². The number of rotatable bonds is 5. The number of nitrogens with one attached hydrogen (secondary N) is 2. The average Bonchev–Trinajstić information content (AvgIpc) is 2.67. The number of carbonyl (C=O) groups excluding carboxylic acids is 1. The third-order valence-electron chi connectivity index (χ3n) is 3.89. The lowest BCUT2D eigenvalue weighted by molar-refractivity contribution is 0.122. The van der Waals surface area contributed by atoms with Crippen LogP contribution < -0.4 is 15.5 Å². The van der Waals surface area contributed by atoms with Crippen molar-refractivity contribution in [2.24, 2.45) is 0 Å². The predicted octanol–water partition coefficient (Wildman–Crippen LogP) is 1.92. The molecular formula is C18H22N4O2. The standard InChI is InChI=1S/C18H22N4O2/c23-18(20-12-15-4-2-1-3-5-15)21-14-16-6-7-17(19-13-16)22-8-10-24-11-9-22/h1-7,13H,8-12,14H2,(H2,20,21,23). The Morgan fingerprint density at radius 1 is 1.00 bits per heavy atom. The van der Waals surface area contributed by atoms with Gasteiger partial charge >= 0.3 is 6.03 Å². The molecule has 0 saturated carbocycles. The summed E-state index contributed by atoms with van der Waals surface area (Å²) in [5.74, 6) is 0.954. The van der Waals surface area contributed by atoms with Gasteiger partial charge in [-0.1, -0.05) is 36.4 Å². The minimum Gasteiger partial charge on any atom is -0.378 e. The fourth-order valence-corrected chi connectivity index (χ4v) is 2.52. The molecule has 6 nitrogen and oxygen atoms in total. The molecule has 0 atom stereocenters. The number of morpholine rings is 1. The zero-order chi connectivity index (χ0) is 16.6. The zero-order valence-electron chi connectivity index (χ0n) is 13.6. The van der Waals surface area contributed by atoms with Gasteiger partial charge in [0.05, 0.1) is 13.2 Å². The smallest absolute Gasteiger partial charge is 0.315 e. The van der Waals surface area contributed by atoms with Crippen LogP contribution in [0.1, 0.15) is 11.1 Å². The van der Waals surface area contributed by atoms with Crippen molar-refractivity contribution >= 4 is 11.8 Å². The fourth-order valence-electron chi connectivity index (χ4n) is 2.52. The first kappa shape index (κ1) is 16.3. The number of benzene rings is 1. The first-order valence-electron chi connectivity index (χ1n) is 8.14. The number of nitrogens with zero attached hydrogens (tertiary/aromatic N) is 2. The highest BCUT2D eigenvalue weighted by atomic mass is 16.5. The maximum atomic E-state index is 11.8. The van der Waals surface area contributed by atoms with E-state index in [0.717, 1.165) is 43.2 Å². The number of ether oxygens (including phenoxy) is 1. The Morgan fingerprint density at radius 2 is 1.71 bits per heavy atom. The number of carbonyl (C=O) groups is 1. The van der Waals surface area contributed by atoms with Crippen LogP contribution in [0, 0.1) is 0 Å². The fraction of sp³-hybridized carbons (Fsp3) is 0.333. The highest BCUT2D eigenvalue weighted by Gasteiger charge is 2.12. The van der Waals surface area contributed by atoms with Crippen LogP contribution in [0.25, 0.3) is 0 Å². The summed E-state index contributed by atoms with van der Waals surface area (Å²) in [6.07, 6.45) is 1.81. The summed E-state index contributed by atoms with van der Waals surface area (Å²) in [5.41, 5.74) is 2.05. The minimum absolute atomic E-state index is 0.184. The molecule has 2 heterocycles. The number of amides is 2. The van der Waals surface area contributed by atoms with Gasteiger partial charge in [0.1, 0.15) is 5.82 Å². The lowest BCUT2D eigenvalue weighted by atomic mass is 10.2. The molecule has 1 aliphatic rings. The Balaban J connectivity index is 1.43. The van der Waals surface area contributed by atoms with E-state index in [1.165, 1.54) is 0 Å². The third-order valence-corrected chi connectivity index (χ3v) is 3.89. The normalized spacial score (nSPS) is 14.2. The van der Waals surface area contributed by atoms with Crippen molar-refractivity contribution in [3.8, 4) is 0 Å². The molecule has 6 heteroatoms. The molecule has 0 aliphatic carbocycles. The van der Waals surface area contributed by atoms with Crippen LogP contribution in [0.4, 0.5) is 10.6 Å². The van der Waals surface area contributed by atoms with Gasteiger partial charge in [-0.05, 0) is 17.2 Å². The number of hydrogen-bond donors (Lipinski definition) is 2. The van der Waals surface area contributed by atoms with Crippen LogP contribution in [-0.4, -0.2) is 37.3 Å². The molecule has 2 amide bonds. The Labute approximate surface area is 141 Å². The minimum atomic E-state index is -0.184. The third kappa shape index (κ3) is 4.70. The molecule has 24 heavy (non-hydrogen) atoms. The van der Waals surface area contributed by atoms with Gasteiger partial charge in [0.2, 0.25) is 0 Å². The maximum Gasteiger partial charge on any atom is 0.315 e. The summed E-state index contributed by atoms with van der Waals surface area (Å²) in [5, 5.41) is 5.68. The molecule has 3 rings (SSSR count). The second-order valence-corrected chi connectivity index (χ2v) is 5.65. The van der Waals surface area contributed by atoms with E-state index in [9.17, 15) is 4.79 Å². The molecule has 2 N–H and O–H groups in total. The van der Waals surface area contributed by atoms with Gasteiger partial charge in [-0.2, -0.15) is 0 Å². The number of anilines is 1. The van der Waals surface area contributed by atoms with Crippen molar-refractivity contribution < 1.29 is 9.53 Å². The number of hydrogen-bond acceptors (Lipinski definition) is 4. The molecule has 1 aromatic carbocycles. The van der Waals surface area contributed by atoms with Gasteiger partial charge in [0, 0.05) is 32.4 Å². The van der Waals surface area contributed by atoms with Gasteiger partial charge in [-0.25, -0.2) is 9.78 Å². The Kier molecular flexibility index (Phi) is 5.63. The van der Waals surface area contributed by atoms with E-state index in [0.29, 0.717) is 13.1 Å². The first-order valence-corrected chi connectivity index (χ1v) is 8.14. The lowest BCUT2D eigenvalue weighted by Gasteiger charge is -2.27. The van der Waals surface area contributed by atoms with Gasteiger partial charge in [0.25, 0.3) is 0 Å². The molecule has 1 aromatic heterocycles. The van der Waals surface area contributed by atoms with Crippen LogP contribution in [0.2, 0.25) is 0 Å². The highest BCUT2D eigenvalue weighted by molar-refractivity contribution is 5.73. The van der Waals surface area contributed by atoms with Crippen LogP contribution in [-0.2, 0) is 17.8 Å². The Hall–Kier alpha value is -2.60. The van der Waals surface area contributed by atoms with Crippen molar-refractivity contribution in [3.63, 3.8) is 0 Å². The van der Waals surface area contributed by atoms with Crippen LogP contribution in [0.3, 0.4) is 0 Å². The van der Waals surface area contributed by atoms with E-state index in [4.69, 9.17) is 4.74 Å². The first-order chi connectivity index (χ1) is 11.8. The molecule has 1 aliphatic heterocycles.